The molecule has 1 rings (SSSR count). The number of nitrogens with two attached hydrogens (primary N) is 1. The van der Waals surface area contributed by atoms with Gasteiger partial charge < -0.3 is 10.5 Å². The largest absolute Gasteiger partial charge is 0.493 e. The molecule has 0 unspecified atom stereocenters. The van der Waals surface area contributed by atoms with E-state index in [0.717, 1.165) is 6.07 Å². The molecule has 19 heavy (non-hydrogen) atoms. The van der Waals surface area contributed by atoms with Crippen LogP contribution < -0.4 is 10.5 Å². The van der Waals surface area contributed by atoms with Crippen molar-refractivity contribution in [2.75, 3.05) is 13.2 Å². The monoisotopic (exact) mass is 275 g/mol. The molecule has 0 fully saturated rings. The zero-order chi connectivity index (χ0) is 14.3. The van der Waals surface area contributed by atoms with Crippen LogP contribution in [-0.2, 0) is 0 Å². The Kier molecular flexibility index (Phi) is 5.64. The first kappa shape index (κ1) is 15.3. The van der Waals surface area contributed by atoms with Gasteiger partial charge in [-0.2, -0.15) is 13.2 Å². The molecule has 0 heterocycles. The molecule has 0 aromatic heterocycles. The molecule has 1 aromatic carbocycles. The molecule has 0 aliphatic heterocycles. The molecule has 0 aliphatic rings. The van der Waals surface area contributed by atoms with Crippen LogP contribution in [0.25, 0.3) is 0 Å². The van der Waals surface area contributed by atoms with Gasteiger partial charge in [-0.05, 0) is 18.6 Å². The highest BCUT2D eigenvalue weighted by molar-refractivity contribution is 5.40. The first-order valence-electron chi connectivity index (χ1n) is 5.60. The van der Waals surface area contributed by atoms with E-state index < -0.39 is 18.4 Å². The van der Waals surface area contributed by atoms with Crippen LogP contribution in [0, 0.1) is 17.7 Å². The molecule has 0 amide bonds. The van der Waals surface area contributed by atoms with Crippen molar-refractivity contribution in [1.29, 1.82) is 0 Å². The fourth-order valence-electron chi connectivity index (χ4n) is 1.33. The molecule has 0 atom stereocenters. The van der Waals surface area contributed by atoms with Gasteiger partial charge in [-0.15, -0.1) is 0 Å². The summed E-state index contributed by atoms with van der Waals surface area (Å²) in [6.07, 6.45) is -5.31. The molecule has 2 N–H and O–H groups in total. The molecule has 0 saturated heterocycles. The van der Waals surface area contributed by atoms with Gasteiger partial charge in [0.15, 0.2) is 0 Å². The molecule has 0 spiro atoms. The Labute approximate surface area is 108 Å². The highest BCUT2D eigenvalue weighted by atomic mass is 19.4. The topological polar surface area (TPSA) is 35.2 Å². The minimum absolute atomic E-state index is 0.132. The van der Waals surface area contributed by atoms with Crippen molar-refractivity contribution in [2.45, 2.75) is 19.0 Å². The van der Waals surface area contributed by atoms with Crippen LogP contribution >= 0.6 is 0 Å². The Hall–Kier alpha value is -1.74. The Bertz CT molecular complexity index is 474. The van der Waals surface area contributed by atoms with Crippen LogP contribution in [-0.4, -0.2) is 19.3 Å². The molecule has 104 valence electrons. The van der Waals surface area contributed by atoms with E-state index in [4.69, 9.17) is 10.5 Å². The average Bonchev–Trinajstić information content (AvgIpc) is 2.30. The standard InChI is InChI=1S/C13H13F4NO/c14-11-7-10(3-1-5-18)8-12(9-11)19-6-2-4-13(15,16)17/h7-9H,2,4-6,18H2. The van der Waals surface area contributed by atoms with E-state index in [2.05, 4.69) is 11.8 Å². The summed E-state index contributed by atoms with van der Waals surface area (Å²) in [6.45, 7) is 0.00497. The Balaban J connectivity index is 2.56. The lowest BCUT2D eigenvalue weighted by atomic mass is 10.2. The first-order valence-corrected chi connectivity index (χ1v) is 5.60. The van der Waals surface area contributed by atoms with Crippen LogP contribution in [0.4, 0.5) is 17.6 Å². The van der Waals surface area contributed by atoms with Crippen LogP contribution in [0.2, 0.25) is 0 Å². The molecule has 0 radical (unpaired) electrons. The predicted octanol–water partition coefficient (Wildman–Crippen LogP) is 2.86. The van der Waals surface area contributed by atoms with Crippen LogP contribution in [0.1, 0.15) is 18.4 Å². The second-order valence-corrected chi connectivity index (χ2v) is 3.75. The summed E-state index contributed by atoms with van der Waals surface area (Å²) in [4.78, 5) is 0. The average molecular weight is 275 g/mol. The minimum Gasteiger partial charge on any atom is -0.493 e. The number of hydrogen-bond acceptors (Lipinski definition) is 2. The van der Waals surface area contributed by atoms with Crippen molar-refractivity contribution >= 4 is 0 Å². The Morgan fingerprint density at radius 3 is 2.58 bits per heavy atom. The lowest BCUT2D eigenvalue weighted by Crippen LogP contribution is -2.09. The second-order valence-electron chi connectivity index (χ2n) is 3.75. The fourth-order valence-corrected chi connectivity index (χ4v) is 1.33. The lowest BCUT2D eigenvalue weighted by Gasteiger charge is -2.08. The van der Waals surface area contributed by atoms with E-state index in [-0.39, 0.29) is 25.3 Å². The molecular formula is C13H13F4NO. The normalized spacial score (nSPS) is 10.8. The van der Waals surface area contributed by atoms with Crippen molar-refractivity contribution in [1.82, 2.24) is 0 Å². The molecule has 0 saturated carbocycles. The van der Waals surface area contributed by atoms with Crippen LogP contribution in [0.5, 0.6) is 5.75 Å². The SMILES string of the molecule is NCC#Cc1cc(F)cc(OCCCC(F)(F)F)c1. The summed E-state index contributed by atoms with van der Waals surface area (Å²) in [6, 6.07) is 3.76. The molecule has 6 heteroatoms. The third-order valence-corrected chi connectivity index (χ3v) is 2.08. The van der Waals surface area contributed by atoms with Gasteiger partial charge in [0.05, 0.1) is 13.2 Å². The molecule has 0 aliphatic carbocycles. The number of rotatable bonds is 4. The van der Waals surface area contributed by atoms with Crippen molar-refractivity contribution < 1.29 is 22.3 Å². The van der Waals surface area contributed by atoms with Gasteiger partial charge in [0.2, 0.25) is 0 Å². The fraction of sp³-hybridized carbons (Fsp3) is 0.385. The summed E-state index contributed by atoms with van der Waals surface area (Å²) >= 11 is 0. The van der Waals surface area contributed by atoms with Gasteiger partial charge in [0, 0.05) is 18.1 Å². The maximum absolute atomic E-state index is 13.2. The molecule has 2 nitrogen and oxygen atoms in total. The van der Waals surface area contributed by atoms with E-state index >= 15 is 0 Å². The molecule has 1 aromatic rings. The zero-order valence-electron chi connectivity index (χ0n) is 10.1. The summed E-state index contributed by atoms with van der Waals surface area (Å²) in [5, 5.41) is 0. The summed E-state index contributed by atoms with van der Waals surface area (Å²) in [7, 11) is 0. The number of halogens is 4. The Morgan fingerprint density at radius 1 is 1.21 bits per heavy atom. The maximum Gasteiger partial charge on any atom is 0.389 e. The quantitative estimate of drug-likeness (QED) is 0.521. The number of ether oxygens (including phenoxy) is 1. The van der Waals surface area contributed by atoms with E-state index in [1.807, 2.05) is 0 Å². The van der Waals surface area contributed by atoms with Crippen LogP contribution in [0.3, 0.4) is 0 Å². The van der Waals surface area contributed by atoms with Gasteiger partial charge in [-0.3, -0.25) is 0 Å². The van der Waals surface area contributed by atoms with Gasteiger partial charge >= 0.3 is 6.18 Å². The van der Waals surface area contributed by atoms with E-state index in [1.54, 1.807) is 0 Å². The minimum atomic E-state index is -4.21. The van der Waals surface area contributed by atoms with E-state index in [1.165, 1.54) is 12.1 Å². The highest BCUT2D eigenvalue weighted by Gasteiger charge is 2.26. The number of hydrogen-bond donors (Lipinski definition) is 1. The second kappa shape index (κ2) is 7.00. The summed E-state index contributed by atoms with van der Waals surface area (Å²) < 4.78 is 54.0. The predicted molar refractivity (Wildman–Crippen MR) is 63.1 cm³/mol. The van der Waals surface area contributed by atoms with Crippen molar-refractivity contribution in [3.8, 4) is 17.6 Å². The maximum atomic E-state index is 13.2. The molecular weight excluding hydrogens is 262 g/mol. The lowest BCUT2D eigenvalue weighted by molar-refractivity contribution is -0.136. The van der Waals surface area contributed by atoms with Crippen molar-refractivity contribution in [3.63, 3.8) is 0 Å². The van der Waals surface area contributed by atoms with Crippen molar-refractivity contribution in [3.05, 3.63) is 29.6 Å². The number of alkyl halides is 3. The Morgan fingerprint density at radius 2 is 1.95 bits per heavy atom. The summed E-state index contributed by atoms with van der Waals surface area (Å²) in [5.74, 6) is 4.77. The highest BCUT2D eigenvalue weighted by Crippen LogP contribution is 2.22. The van der Waals surface area contributed by atoms with Gasteiger partial charge in [0.25, 0.3) is 0 Å². The third kappa shape index (κ3) is 6.67. The molecule has 0 bridgehead atoms. The van der Waals surface area contributed by atoms with Crippen molar-refractivity contribution in [2.24, 2.45) is 5.73 Å². The van der Waals surface area contributed by atoms with Gasteiger partial charge in [0.1, 0.15) is 11.6 Å². The zero-order valence-corrected chi connectivity index (χ0v) is 10.1. The third-order valence-electron chi connectivity index (χ3n) is 2.08. The number of benzene rings is 1. The first-order chi connectivity index (χ1) is 8.90. The summed E-state index contributed by atoms with van der Waals surface area (Å²) in [5.41, 5.74) is 5.56. The van der Waals surface area contributed by atoms with Gasteiger partial charge in [-0.25, -0.2) is 4.39 Å². The van der Waals surface area contributed by atoms with E-state index in [0.29, 0.717) is 5.56 Å². The van der Waals surface area contributed by atoms with E-state index in [9.17, 15) is 17.6 Å². The van der Waals surface area contributed by atoms with Gasteiger partial charge in [-0.1, -0.05) is 11.8 Å². The van der Waals surface area contributed by atoms with Crippen LogP contribution in [0.15, 0.2) is 18.2 Å². The smallest absolute Gasteiger partial charge is 0.389 e.